The molecule has 1 aliphatic rings. The molecule has 1 aliphatic heterocycles. The van der Waals surface area contributed by atoms with Crippen molar-refractivity contribution in [3.63, 3.8) is 0 Å². The van der Waals surface area contributed by atoms with Crippen molar-refractivity contribution in [1.29, 1.82) is 0 Å². The van der Waals surface area contributed by atoms with Gasteiger partial charge in [-0.15, -0.1) is 0 Å². The smallest absolute Gasteiger partial charge is 0.247 e. The van der Waals surface area contributed by atoms with Crippen molar-refractivity contribution in [2.75, 3.05) is 5.32 Å². The van der Waals surface area contributed by atoms with Crippen LogP contribution in [0.15, 0.2) is 54.9 Å². The maximum atomic E-state index is 12.9. The van der Waals surface area contributed by atoms with E-state index in [-0.39, 0.29) is 5.91 Å². The summed E-state index contributed by atoms with van der Waals surface area (Å²) in [4.78, 5) is 19.3. The molecule has 4 rings (SSSR count). The van der Waals surface area contributed by atoms with E-state index < -0.39 is 5.41 Å². The third kappa shape index (κ3) is 1.47. The third-order valence-corrected chi connectivity index (χ3v) is 4.17. The van der Waals surface area contributed by atoms with Crippen LogP contribution in [0.4, 0.5) is 5.69 Å². The van der Waals surface area contributed by atoms with Gasteiger partial charge in [0.2, 0.25) is 5.91 Å². The van der Waals surface area contributed by atoms with Gasteiger partial charge in [0.05, 0.1) is 0 Å². The summed E-state index contributed by atoms with van der Waals surface area (Å²) in [5, 5.41) is 3.01. The normalized spacial score (nSPS) is 15.8. The second kappa shape index (κ2) is 4.12. The minimum absolute atomic E-state index is 0.0343. The number of anilines is 1. The summed E-state index contributed by atoms with van der Waals surface area (Å²) in [6.45, 7) is 2.04. The summed E-state index contributed by atoms with van der Waals surface area (Å²) in [5.74, 6) is -0.0343. The summed E-state index contributed by atoms with van der Waals surface area (Å²) < 4.78 is 0. The van der Waals surface area contributed by atoms with Crippen LogP contribution in [0.1, 0.15) is 22.5 Å². The molecule has 0 fully saturated rings. The van der Waals surface area contributed by atoms with E-state index in [1.54, 1.807) is 0 Å². The predicted molar refractivity (Wildman–Crippen MR) is 81.3 cm³/mol. The standard InChI is InChI=1S/C17H15N3O/c1-11-6-7-13-12(10-11)17(16(21)20-13,14-4-2-8-18-14)15-5-3-9-19-15/h2-10,18-19H,1H3,(H,20,21). The monoisotopic (exact) mass is 277 g/mol. The van der Waals surface area contributed by atoms with Gasteiger partial charge in [-0.2, -0.15) is 0 Å². The van der Waals surface area contributed by atoms with Gasteiger partial charge in [0.15, 0.2) is 5.41 Å². The first-order valence-corrected chi connectivity index (χ1v) is 6.93. The van der Waals surface area contributed by atoms with E-state index in [1.165, 1.54) is 0 Å². The Morgan fingerprint density at radius 3 is 2.19 bits per heavy atom. The first-order valence-electron chi connectivity index (χ1n) is 6.93. The highest BCUT2D eigenvalue weighted by Gasteiger charge is 2.51. The van der Waals surface area contributed by atoms with Crippen molar-refractivity contribution in [3.05, 3.63) is 77.4 Å². The fourth-order valence-electron chi connectivity index (χ4n) is 3.22. The lowest BCUT2D eigenvalue weighted by Gasteiger charge is -2.26. The summed E-state index contributed by atoms with van der Waals surface area (Å²) in [7, 11) is 0. The maximum Gasteiger partial charge on any atom is 0.247 e. The molecule has 4 nitrogen and oxygen atoms in total. The Balaban J connectivity index is 2.10. The minimum atomic E-state index is -0.839. The molecular formula is C17H15N3O. The van der Waals surface area contributed by atoms with E-state index in [2.05, 4.69) is 21.4 Å². The fourth-order valence-corrected chi connectivity index (χ4v) is 3.22. The topological polar surface area (TPSA) is 60.7 Å². The van der Waals surface area contributed by atoms with Crippen molar-refractivity contribution in [2.24, 2.45) is 0 Å². The number of rotatable bonds is 2. The zero-order chi connectivity index (χ0) is 14.4. The van der Waals surface area contributed by atoms with Gasteiger partial charge in [0.1, 0.15) is 0 Å². The Hall–Kier alpha value is -2.75. The predicted octanol–water partition coefficient (Wildman–Crippen LogP) is 2.94. The van der Waals surface area contributed by atoms with Crippen LogP contribution in [0.25, 0.3) is 0 Å². The Labute approximate surface area is 122 Å². The van der Waals surface area contributed by atoms with Gasteiger partial charge in [-0.3, -0.25) is 4.79 Å². The first kappa shape index (κ1) is 12.0. The highest BCUT2D eigenvalue weighted by Crippen LogP contribution is 2.46. The lowest BCUT2D eigenvalue weighted by atomic mass is 9.75. The molecule has 0 bridgehead atoms. The van der Waals surface area contributed by atoms with Crippen LogP contribution < -0.4 is 5.32 Å². The molecule has 0 spiro atoms. The second-order valence-electron chi connectivity index (χ2n) is 5.42. The molecule has 1 amide bonds. The molecule has 1 aromatic carbocycles. The zero-order valence-electron chi connectivity index (χ0n) is 11.6. The highest BCUT2D eigenvalue weighted by molar-refractivity contribution is 6.10. The molecule has 104 valence electrons. The number of nitrogens with one attached hydrogen (secondary N) is 3. The summed E-state index contributed by atoms with van der Waals surface area (Å²) in [6, 6.07) is 13.8. The van der Waals surface area contributed by atoms with Gasteiger partial charge < -0.3 is 15.3 Å². The van der Waals surface area contributed by atoms with Crippen molar-refractivity contribution in [1.82, 2.24) is 9.97 Å². The SMILES string of the molecule is Cc1ccc2c(c1)C(c1ccc[nH]1)(c1ccc[nH]1)C(=O)N2. The van der Waals surface area contributed by atoms with Gasteiger partial charge >= 0.3 is 0 Å². The Morgan fingerprint density at radius 1 is 0.952 bits per heavy atom. The average Bonchev–Trinajstić information content (AvgIpc) is 3.17. The van der Waals surface area contributed by atoms with E-state index in [0.29, 0.717) is 0 Å². The number of H-pyrrole nitrogens is 2. The molecule has 0 aliphatic carbocycles. The van der Waals surface area contributed by atoms with Crippen LogP contribution in [-0.4, -0.2) is 15.9 Å². The molecule has 3 aromatic rings. The number of aromatic amines is 2. The van der Waals surface area contributed by atoms with E-state index in [0.717, 1.165) is 28.2 Å². The van der Waals surface area contributed by atoms with Gasteiger partial charge in [0, 0.05) is 35.0 Å². The molecule has 4 heteroatoms. The van der Waals surface area contributed by atoms with Crippen molar-refractivity contribution >= 4 is 11.6 Å². The zero-order valence-corrected chi connectivity index (χ0v) is 11.6. The van der Waals surface area contributed by atoms with Crippen molar-refractivity contribution in [3.8, 4) is 0 Å². The Bertz CT molecular complexity index is 766. The number of hydrogen-bond acceptors (Lipinski definition) is 1. The number of aromatic nitrogens is 2. The number of amides is 1. The number of fused-ring (bicyclic) bond motifs is 1. The van der Waals surface area contributed by atoms with Crippen LogP contribution in [-0.2, 0) is 10.2 Å². The van der Waals surface area contributed by atoms with Crippen LogP contribution in [0.3, 0.4) is 0 Å². The van der Waals surface area contributed by atoms with Crippen LogP contribution >= 0.6 is 0 Å². The molecule has 21 heavy (non-hydrogen) atoms. The molecule has 2 aromatic heterocycles. The first-order chi connectivity index (χ1) is 10.2. The number of benzene rings is 1. The molecule has 0 saturated heterocycles. The van der Waals surface area contributed by atoms with Gasteiger partial charge in [-0.05, 0) is 37.3 Å². The van der Waals surface area contributed by atoms with Crippen LogP contribution in [0.2, 0.25) is 0 Å². The second-order valence-corrected chi connectivity index (χ2v) is 5.42. The number of carbonyl (C=O) groups excluding carboxylic acids is 1. The van der Waals surface area contributed by atoms with Gasteiger partial charge in [0.25, 0.3) is 0 Å². The molecule has 3 N–H and O–H groups in total. The quantitative estimate of drug-likeness (QED) is 0.662. The molecule has 0 radical (unpaired) electrons. The molecule has 0 unspecified atom stereocenters. The highest BCUT2D eigenvalue weighted by atomic mass is 16.2. The molecular weight excluding hydrogens is 262 g/mol. The van der Waals surface area contributed by atoms with E-state index >= 15 is 0 Å². The van der Waals surface area contributed by atoms with E-state index in [4.69, 9.17) is 0 Å². The lowest BCUT2D eigenvalue weighted by Crippen LogP contribution is -2.37. The lowest BCUT2D eigenvalue weighted by molar-refractivity contribution is -0.118. The van der Waals surface area contributed by atoms with Gasteiger partial charge in [-0.1, -0.05) is 17.7 Å². The summed E-state index contributed by atoms with van der Waals surface area (Å²) in [6.07, 6.45) is 3.70. The summed E-state index contributed by atoms with van der Waals surface area (Å²) in [5.41, 5.74) is 3.88. The van der Waals surface area contributed by atoms with Crippen molar-refractivity contribution < 1.29 is 4.79 Å². The van der Waals surface area contributed by atoms with Crippen LogP contribution in [0.5, 0.6) is 0 Å². The molecule has 0 atom stereocenters. The average molecular weight is 277 g/mol. The van der Waals surface area contributed by atoms with Crippen molar-refractivity contribution in [2.45, 2.75) is 12.3 Å². The molecule has 3 heterocycles. The van der Waals surface area contributed by atoms with E-state index in [1.807, 2.05) is 55.7 Å². The summed E-state index contributed by atoms with van der Waals surface area (Å²) >= 11 is 0. The maximum absolute atomic E-state index is 12.9. The number of carbonyl (C=O) groups is 1. The molecule has 0 saturated carbocycles. The minimum Gasteiger partial charge on any atom is -0.363 e. The Kier molecular flexibility index (Phi) is 2.36. The van der Waals surface area contributed by atoms with E-state index in [9.17, 15) is 4.79 Å². The number of aryl methyl sites for hydroxylation is 1. The number of hydrogen-bond donors (Lipinski definition) is 3. The Morgan fingerprint density at radius 2 is 1.62 bits per heavy atom. The fraction of sp³-hybridized carbons (Fsp3) is 0.118. The van der Waals surface area contributed by atoms with Crippen LogP contribution in [0, 0.1) is 6.92 Å². The third-order valence-electron chi connectivity index (χ3n) is 4.17. The largest absolute Gasteiger partial charge is 0.363 e. The van der Waals surface area contributed by atoms with Gasteiger partial charge in [-0.25, -0.2) is 0 Å².